The molecule has 2 rings (SSSR count). The lowest BCUT2D eigenvalue weighted by Gasteiger charge is -2.21. The largest absolute Gasteiger partial charge is 0.478 e. The molecular weight excluding hydrogens is 412 g/mol. The number of carboxylic acid groups (broad SMARTS) is 1. The second kappa shape index (κ2) is 9.55. The number of rotatable bonds is 8. The number of para-hydroxylation sites is 1. The summed E-state index contributed by atoms with van der Waals surface area (Å²) in [5.41, 5.74) is 0.939. The van der Waals surface area contributed by atoms with Crippen molar-refractivity contribution in [3.63, 3.8) is 0 Å². The first-order valence-corrected chi connectivity index (χ1v) is 9.66. The van der Waals surface area contributed by atoms with Crippen LogP contribution in [0.25, 0.3) is 0 Å². The Kier molecular flexibility index (Phi) is 7.42. The molecule has 27 heavy (non-hydrogen) atoms. The van der Waals surface area contributed by atoms with Crippen molar-refractivity contribution < 1.29 is 24.2 Å². The molecule has 0 aliphatic rings. The second-order valence-electron chi connectivity index (χ2n) is 6.23. The van der Waals surface area contributed by atoms with E-state index in [9.17, 15) is 14.7 Å². The summed E-state index contributed by atoms with van der Waals surface area (Å²) < 4.78 is 11.9. The van der Waals surface area contributed by atoms with Gasteiger partial charge in [0.15, 0.2) is 6.10 Å². The Morgan fingerprint density at radius 1 is 1.07 bits per heavy atom. The molecule has 0 saturated carbocycles. The molecule has 0 spiro atoms. The van der Waals surface area contributed by atoms with Gasteiger partial charge in [0.1, 0.15) is 17.1 Å². The van der Waals surface area contributed by atoms with Gasteiger partial charge in [-0.15, -0.1) is 0 Å². The minimum absolute atomic E-state index is 0.00652. The van der Waals surface area contributed by atoms with E-state index in [-0.39, 0.29) is 11.3 Å². The molecule has 0 radical (unpaired) electrons. The van der Waals surface area contributed by atoms with Crippen molar-refractivity contribution in [2.45, 2.75) is 45.6 Å². The number of benzene rings is 2. The summed E-state index contributed by atoms with van der Waals surface area (Å²) in [6, 6.07) is 12.1. The molecule has 5 nitrogen and oxygen atoms in total. The third-order valence-corrected chi connectivity index (χ3v) is 4.84. The Morgan fingerprint density at radius 2 is 1.78 bits per heavy atom. The van der Waals surface area contributed by atoms with Gasteiger partial charge in [-0.25, -0.2) is 9.59 Å². The molecule has 6 heteroatoms. The van der Waals surface area contributed by atoms with Crippen LogP contribution < -0.4 is 9.47 Å². The Labute approximate surface area is 167 Å². The van der Waals surface area contributed by atoms with Crippen LogP contribution in [0.2, 0.25) is 0 Å². The second-order valence-corrected chi connectivity index (χ2v) is 7.14. The van der Waals surface area contributed by atoms with E-state index in [1.807, 2.05) is 31.2 Å². The molecular formula is C21H23BrO5. The number of carbonyl (C=O) groups is 2. The monoisotopic (exact) mass is 434 g/mol. The maximum Gasteiger partial charge on any atom is 0.352 e. The number of hydrogen-bond donors (Lipinski definition) is 1. The summed E-state index contributed by atoms with van der Waals surface area (Å²) in [4.78, 5) is 24.0. The van der Waals surface area contributed by atoms with E-state index in [0.29, 0.717) is 22.6 Å². The zero-order valence-electron chi connectivity index (χ0n) is 15.6. The normalized spacial score (nSPS) is 12.9. The zero-order valence-corrected chi connectivity index (χ0v) is 17.2. The topological polar surface area (TPSA) is 72.8 Å². The number of ether oxygens (including phenoxy) is 2. The minimum Gasteiger partial charge on any atom is -0.478 e. The number of carbonyl (C=O) groups excluding carboxylic acids is 1. The van der Waals surface area contributed by atoms with Gasteiger partial charge in [-0.3, -0.25) is 0 Å². The van der Waals surface area contributed by atoms with Gasteiger partial charge in [0.05, 0.1) is 0 Å². The van der Waals surface area contributed by atoms with Crippen LogP contribution in [0.3, 0.4) is 0 Å². The van der Waals surface area contributed by atoms with E-state index in [4.69, 9.17) is 9.47 Å². The van der Waals surface area contributed by atoms with Crippen molar-refractivity contribution in [3.05, 3.63) is 58.1 Å². The molecule has 144 valence electrons. The Balaban J connectivity index is 2.22. The third kappa shape index (κ3) is 5.32. The van der Waals surface area contributed by atoms with E-state index in [0.717, 1.165) is 12.0 Å². The summed E-state index contributed by atoms with van der Waals surface area (Å²) in [6.07, 6.45) is 0.509. The Hall–Kier alpha value is -2.34. The van der Waals surface area contributed by atoms with Crippen LogP contribution >= 0.6 is 15.9 Å². The Bertz CT molecular complexity index is 818. The highest BCUT2D eigenvalue weighted by Gasteiger charge is 2.25. The van der Waals surface area contributed by atoms with Crippen molar-refractivity contribution in [2.24, 2.45) is 0 Å². The van der Waals surface area contributed by atoms with Crippen LogP contribution in [0.1, 0.15) is 55.5 Å². The predicted octanol–water partition coefficient (Wildman–Crippen LogP) is 5.42. The summed E-state index contributed by atoms with van der Waals surface area (Å²) in [5.74, 6) is -0.867. The van der Waals surface area contributed by atoms with Gasteiger partial charge in [0.25, 0.3) is 0 Å². The highest BCUT2D eigenvalue weighted by molar-refractivity contribution is 9.10. The van der Waals surface area contributed by atoms with Crippen molar-refractivity contribution in [1.82, 2.24) is 0 Å². The van der Waals surface area contributed by atoms with Crippen molar-refractivity contribution in [3.8, 4) is 11.5 Å². The van der Waals surface area contributed by atoms with Gasteiger partial charge in [-0.05, 0) is 48.6 Å². The fraction of sp³-hybridized carbons (Fsp3) is 0.333. The molecule has 1 N–H and O–H groups in total. The van der Waals surface area contributed by atoms with E-state index >= 15 is 0 Å². The molecule has 2 unspecified atom stereocenters. The molecule has 2 aromatic rings. The predicted molar refractivity (Wildman–Crippen MR) is 107 cm³/mol. The molecule has 0 aliphatic heterocycles. The third-order valence-electron chi connectivity index (χ3n) is 4.35. The van der Waals surface area contributed by atoms with E-state index < -0.39 is 18.0 Å². The molecule has 0 amide bonds. The molecule has 0 fully saturated rings. The summed E-state index contributed by atoms with van der Waals surface area (Å²) in [7, 11) is 0. The fourth-order valence-electron chi connectivity index (χ4n) is 2.60. The summed E-state index contributed by atoms with van der Waals surface area (Å²) >= 11 is 3.22. The smallest absolute Gasteiger partial charge is 0.352 e. The van der Waals surface area contributed by atoms with Crippen LogP contribution in [0.5, 0.6) is 11.5 Å². The highest BCUT2D eigenvalue weighted by Crippen LogP contribution is 2.30. The lowest BCUT2D eigenvalue weighted by atomic mass is 9.98. The van der Waals surface area contributed by atoms with Crippen LogP contribution in [0.15, 0.2) is 46.9 Å². The average Bonchev–Trinajstić information content (AvgIpc) is 2.66. The number of carboxylic acids is 1. The Morgan fingerprint density at radius 3 is 2.41 bits per heavy atom. The fourth-order valence-corrected chi connectivity index (χ4v) is 2.96. The van der Waals surface area contributed by atoms with Gasteiger partial charge in [0, 0.05) is 4.47 Å². The molecule has 2 atom stereocenters. The lowest BCUT2D eigenvalue weighted by Crippen LogP contribution is -2.31. The van der Waals surface area contributed by atoms with Crippen molar-refractivity contribution in [2.75, 3.05) is 0 Å². The van der Waals surface area contributed by atoms with Crippen LogP contribution in [-0.4, -0.2) is 23.1 Å². The zero-order chi connectivity index (χ0) is 20.0. The maximum atomic E-state index is 12.6. The van der Waals surface area contributed by atoms with E-state index in [2.05, 4.69) is 29.8 Å². The quantitative estimate of drug-likeness (QED) is 0.443. The van der Waals surface area contributed by atoms with Crippen LogP contribution in [0.4, 0.5) is 0 Å². The van der Waals surface area contributed by atoms with Gasteiger partial charge >= 0.3 is 11.9 Å². The summed E-state index contributed by atoms with van der Waals surface area (Å²) in [6.45, 7) is 6.01. The molecule has 2 aromatic carbocycles. The first-order valence-electron chi connectivity index (χ1n) is 8.87. The van der Waals surface area contributed by atoms with Crippen molar-refractivity contribution >= 4 is 27.9 Å². The van der Waals surface area contributed by atoms with E-state index in [1.54, 1.807) is 6.07 Å². The molecule has 0 aliphatic carbocycles. The van der Waals surface area contributed by atoms with Gasteiger partial charge in [-0.2, -0.15) is 0 Å². The first kappa shape index (κ1) is 21.0. The molecule has 0 bridgehead atoms. The first-order chi connectivity index (χ1) is 12.9. The lowest BCUT2D eigenvalue weighted by molar-refractivity contribution is -0.142. The van der Waals surface area contributed by atoms with Crippen LogP contribution in [-0.2, 0) is 4.79 Å². The number of hydrogen-bond acceptors (Lipinski definition) is 4. The SMILES string of the molecule is CCC(Oc1ccccc1C(C)CC)C(=O)Oc1ccc(Br)cc1C(=O)O. The molecule has 0 saturated heterocycles. The average molecular weight is 435 g/mol. The van der Waals surface area contributed by atoms with Crippen LogP contribution in [0, 0.1) is 0 Å². The maximum absolute atomic E-state index is 12.6. The number of esters is 1. The van der Waals surface area contributed by atoms with Crippen molar-refractivity contribution in [1.29, 1.82) is 0 Å². The highest BCUT2D eigenvalue weighted by atomic mass is 79.9. The van der Waals surface area contributed by atoms with Gasteiger partial charge in [-0.1, -0.05) is 54.9 Å². The van der Waals surface area contributed by atoms with Gasteiger partial charge < -0.3 is 14.6 Å². The summed E-state index contributed by atoms with van der Waals surface area (Å²) in [5, 5.41) is 9.32. The number of halogens is 1. The number of aromatic carboxylic acids is 1. The standard InChI is InChI=1S/C21H23BrO5/c1-4-13(3)15-8-6-7-9-18(15)26-17(5-2)21(25)27-19-11-10-14(22)12-16(19)20(23)24/h6-13,17H,4-5H2,1-3H3,(H,23,24). The molecule has 0 aromatic heterocycles. The molecule has 0 heterocycles. The minimum atomic E-state index is -1.17. The van der Waals surface area contributed by atoms with E-state index in [1.165, 1.54) is 12.1 Å². The van der Waals surface area contributed by atoms with Gasteiger partial charge in [0.2, 0.25) is 0 Å².